The Morgan fingerprint density at radius 1 is 0.309 bits per heavy atom. The van der Waals surface area contributed by atoms with Gasteiger partial charge in [-0.25, -0.2) is 19.9 Å². The molecule has 0 saturated heterocycles. The third kappa shape index (κ3) is 6.04. The Hall–Kier alpha value is -7.50. The van der Waals surface area contributed by atoms with Crippen molar-refractivity contribution in [3.63, 3.8) is 0 Å². The monoisotopic (exact) mass is 704 g/mol. The average Bonchev–Trinajstić information content (AvgIpc) is 3.69. The molecule has 7 aromatic carbocycles. The molecular weight excluding hydrogens is 673 g/mol. The molecule has 258 valence electrons. The normalized spacial score (nSPS) is 11.3. The Morgan fingerprint density at radius 3 is 1.24 bits per heavy atom. The molecule has 10 rings (SSSR count). The minimum atomic E-state index is 0.629. The van der Waals surface area contributed by atoms with Crippen LogP contribution in [0.15, 0.2) is 199 Å². The van der Waals surface area contributed by atoms with Gasteiger partial charge in [0, 0.05) is 44.2 Å². The lowest BCUT2D eigenvalue weighted by Gasteiger charge is -2.10. The van der Waals surface area contributed by atoms with E-state index in [1.807, 2.05) is 91.0 Å². The molecule has 0 N–H and O–H groups in total. The maximum atomic E-state index is 6.90. The van der Waals surface area contributed by atoms with Gasteiger partial charge in [0.1, 0.15) is 11.5 Å². The molecule has 3 heterocycles. The van der Waals surface area contributed by atoms with Gasteiger partial charge in [-0.1, -0.05) is 188 Å². The van der Waals surface area contributed by atoms with Crippen molar-refractivity contribution in [3.05, 3.63) is 194 Å². The highest BCUT2D eigenvalue weighted by atomic mass is 16.3. The van der Waals surface area contributed by atoms with Gasteiger partial charge in [-0.2, -0.15) is 0 Å². The summed E-state index contributed by atoms with van der Waals surface area (Å²) in [6.45, 7) is 0. The number of furan rings is 1. The first-order valence-electron chi connectivity index (χ1n) is 18.3. The molecule has 10 aromatic rings. The SMILES string of the molecule is c1ccc(-c2nc(-c3ccccc3)nc(-c3ccc(-c4ccc(-c5nc6ccccc6c6c(-c7ccccc7)c(-c7ccccc7)oc56)cc4)cc3)n2)cc1. The highest BCUT2D eigenvalue weighted by Crippen LogP contribution is 2.46. The summed E-state index contributed by atoms with van der Waals surface area (Å²) in [6, 6.07) is 66.2. The second-order valence-electron chi connectivity index (χ2n) is 13.4. The summed E-state index contributed by atoms with van der Waals surface area (Å²) in [7, 11) is 0. The molecule has 3 aromatic heterocycles. The maximum absolute atomic E-state index is 6.90. The van der Waals surface area contributed by atoms with Crippen LogP contribution in [0.3, 0.4) is 0 Å². The summed E-state index contributed by atoms with van der Waals surface area (Å²) < 4.78 is 6.90. The van der Waals surface area contributed by atoms with Crippen molar-refractivity contribution in [2.45, 2.75) is 0 Å². The Balaban J connectivity index is 1.04. The average molecular weight is 705 g/mol. The quantitative estimate of drug-likeness (QED) is 0.165. The fourth-order valence-electron chi connectivity index (χ4n) is 7.25. The van der Waals surface area contributed by atoms with Crippen LogP contribution in [-0.4, -0.2) is 19.9 Å². The molecule has 0 bridgehead atoms. The van der Waals surface area contributed by atoms with Crippen LogP contribution in [0.5, 0.6) is 0 Å². The lowest BCUT2D eigenvalue weighted by Crippen LogP contribution is -2.00. The topological polar surface area (TPSA) is 64.7 Å². The van der Waals surface area contributed by atoms with Crippen LogP contribution >= 0.6 is 0 Å². The highest BCUT2D eigenvalue weighted by molar-refractivity contribution is 6.18. The van der Waals surface area contributed by atoms with E-state index in [1.165, 1.54) is 0 Å². The van der Waals surface area contributed by atoms with Gasteiger partial charge in [0.25, 0.3) is 0 Å². The molecule has 0 atom stereocenters. The molecule has 0 unspecified atom stereocenters. The highest BCUT2D eigenvalue weighted by Gasteiger charge is 2.24. The summed E-state index contributed by atoms with van der Waals surface area (Å²) in [6.07, 6.45) is 0. The number of para-hydroxylation sites is 1. The molecule has 5 heteroatoms. The summed E-state index contributed by atoms with van der Waals surface area (Å²) in [5, 5.41) is 2.13. The number of fused-ring (bicyclic) bond motifs is 3. The zero-order valence-electron chi connectivity index (χ0n) is 29.7. The largest absolute Gasteiger partial charge is 0.453 e. The lowest BCUT2D eigenvalue weighted by molar-refractivity contribution is 0.632. The summed E-state index contributed by atoms with van der Waals surface area (Å²) >= 11 is 0. The van der Waals surface area contributed by atoms with Crippen LogP contribution in [0.2, 0.25) is 0 Å². The molecule has 0 aliphatic rings. The second-order valence-corrected chi connectivity index (χ2v) is 13.4. The standard InChI is InChI=1S/C50H32N4O/c1-5-15-35(16-6-1)43-44-41-23-13-14-24-42(41)51-45(47(44)55-46(43)37-17-7-2-8-18-37)36-29-25-33(26-30-36)34-27-31-40(32-28-34)50-53-48(38-19-9-3-10-20-38)52-49(54-50)39-21-11-4-12-22-39/h1-32H. The molecule has 0 spiro atoms. The molecule has 5 nitrogen and oxygen atoms in total. The van der Waals surface area contributed by atoms with E-state index in [4.69, 9.17) is 24.4 Å². The Morgan fingerprint density at radius 2 is 0.709 bits per heavy atom. The molecule has 0 fully saturated rings. The summed E-state index contributed by atoms with van der Waals surface area (Å²) in [5.41, 5.74) is 11.7. The van der Waals surface area contributed by atoms with E-state index in [2.05, 4.69) is 103 Å². The third-order valence-electron chi connectivity index (χ3n) is 9.96. The zero-order chi connectivity index (χ0) is 36.6. The van der Waals surface area contributed by atoms with Crippen LogP contribution in [0.1, 0.15) is 0 Å². The van der Waals surface area contributed by atoms with E-state index in [9.17, 15) is 0 Å². The molecule has 0 aliphatic carbocycles. The van der Waals surface area contributed by atoms with Crippen LogP contribution in [-0.2, 0) is 0 Å². The van der Waals surface area contributed by atoms with Gasteiger partial charge >= 0.3 is 0 Å². The predicted molar refractivity (Wildman–Crippen MR) is 223 cm³/mol. The minimum absolute atomic E-state index is 0.629. The van der Waals surface area contributed by atoms with Gasteiger partial charge in [-0.05, 0) is 22.8 Å². The van der Waals surface area contributed by atoms with Crippen molar-refractivity contribution < 1.29 is 4.42 Å². The van der Waals surface area contributed by atoms with Gasteiger partial charge in [-0.15, -0.1) is 0 Å². The fraction of sp³-hybridized carbons (Fsp3) is 0. The lowest BCUT2D eigenvalue weighted by atomic mass is 9.95. The predicted octanol–water partition coefficient (Wildman–Crippen LogP) is 12.8. The van der Waals surface area contributed by atoms with Crippen molar-refractivity contribution in [1.82, 2.24) is 19.9 Å². The Bertz CT molecular complexity index is 2870. The summed E-state index contributed by atoms with van der Waals surface area (Å²) in [5.74, 6) is 2.75. The van der Waals surface area contributed by atoms with Crippen LogP contribution < -0.4 is 0 Å². The fourth-order valence-corrected chi connectivity index (χ4v) is 7.25. The third-order valence-corrected chi connectivity index (χ3v) is 9.96. The van der Waals surface area contributed by atoms with Crippen molar-refractivity contribution in [2.24, 2.45) is 0 Å². The number of pyridine rings is 1. The van der Waals surface area contributed by atoms with E-state index >= 15 is 0 Å². The van der Waals surface area contributed by atoms with Crippen molar-refractivity contribution in [2.75, 3.05) is 0 Å². The smallest absolute Gasteiger partial charge is 0.164 e. The minimum Gasteiger partial charge on any atom is -0.453 e. The number of aromatic nitrogens is 4. The molecule has 0 amide bonds. The summed E-state index contributed by atoms with van der Waals surface area (Å²) in [4.78, 5) is 19.8. The second kappa shape index (κ2) is 13.8. The van der Waals surface area contributed by atoms with Gasteiger partial charge in [0.2, 0.25) is 0 Å². The van der Waals surface area contributed by atoms with Crippen molar-refractivity contribution in [1.29, 1.82) is 0 Å². The number of hydrogen-bond donors (Lipinski definition) is 0. The molecule has 0 aliphatic heterocycles. The zero-order valence-corrected chi connectivity index (χ0v) is 29.7. The van der Waals surface area contributed by atoms with E-state index in [0.29, 0.717) is 17.5 Å². The number of hydrogen-bond acceptors (Lipinski definition) is 5. The first-order valence-corrected chi connectivity index (χ1v) is 18.3. The molecule has 0 radical (unpaired) electrons. The van der Waals surface area contributed by atoms with E-state index in [0.717, 1.165) is 83.4 Å². The van der Waals surface area contributed by atoms with E-state index in [-0.39, 0.29) is 0 Å². The molecular formula is C50H32N4O. The van der Waals surface area contributed by atoms with Gasteiger partial charge in [-0.3, -0.25) is 0 Å². The number of benzene rings is 7. The van der Waals surface area contributed by atoms with Crippen LogP contribution in [0.25, 0.3) is 101 Å². The first-order chi connectivity index (χ1) is 27.3. The van der Waals surface area contributed by atoms with Crippen LogP contribution in [0, 0.1) is 0 Å². The number of rotatable bonds is 7. The number of nitrogens with zero attached hydrogens (tertiary/aromatic N) is 4. The van der Waals surface area contributed by atoms with Crippen molar-refractivity contribution in [3.8, 4) is 79.0 Å². The van der Waals surface area contributed by atoms with Crippen LogP contribution in [0.4, 0.5) is 0 Å². The van der Waals surface area contributed by atoms with E-state index < -0.39 is 0 Å². The molecule has 0 saturated carbocycles. The Kier molecular flexibility index (Phi) is 8.08. The van der Waals surface area contributed by atoms with Gasteiger partial charge in [0.05, 0.1) is 5.52 Å². The van der Waals surface area contributed by atoms with Crippen molar-refractivity contribution >= 4 is 21.9 Å². The molecule has 55 heavy (non-hydrogen) atoms. The van der Waals surface area contributed by atoms with Gasteiger partial charge in [0.15, 0.2) is 23.1 Å². The van der Waals surface area contributed by atoms with E-state index in [1.54, 1.807) is 0 Å². The van der Waals surface area contributed by atoms with Gasteiger partial charge < -0.3 is 4.42 Å². The maximum Gasteiger partial charge on any atom is 0.164 e. The Labute approximate surface area is 318 Å². The first kappa shape index (κ1) is 32.2.